The Balaban J connectivity index is 1.28. The van der Waals surface area contributed by atoms with Crippen LogP contribution in [0.4, 0.5) is 16.2 Å². The molecule has 3 aromatic rings. The quantitative estimate of drug-likeness (QED) is 0.241. The Bertz CT molecular complexity index is 1180. The molecule has 2 heterocycles. The highest BCUT2D eigenvalue weighted by Gasteiger charge is 2.13. The summed E-state index contributed by atoms with van der Waals surface area (Å²) in [6.45, 7) is 5.53. The van der Waals surface area contributed by atoms with Crippen LogP contribution in [0.2, 0.25) is 0 Å². The molecule has 1 fully saturated rings. The second-order valence-electron chi connectivity index (χ2n) is 8.88. The molecule has 0 aliphatic carbocycles. The van der Waals surface area contributed by atoms with Crippen molar-refractivity contribution in [2.75, 3.05) is 44.8 Å². The van der Waals surface area contributed by atoms with Crippen molar-refractivity contribution in [1.82, 2.24) is 15.2 Å². The lowest BCUT2D eigenvalue weighted by Crippen LogP contribution is -2.37. The number of nitrogens with zero attached hydrogens (tertiary/aromatic N) is 3. The van der Waals surface area contributed by atoms with E-state index in [4.69, 9.17) is 14.9 Å². The monoisotopic (exact) mass is 514 g/mol. The number of aliphatic imine (C=N–C) groups is 1. The maximum atomic E-state index is 12.2. The fourth-order valence-corrected chi connectivity index (χ4v) is 4.05. The van der Waals surface area contributed by atoms with Crippen LogP contribution in [0.15, 0.2) is 78.0 Å². The zero-order valence-electron chi connectivity index (χ0n) is 21.4. The average molecular weight is 515 g/mol. The molecular formula is C29H34N6O3. The van der Waals surface area contributed by atoms with Crippen molar-refractivity contribution in [2.24, 2.45) is 4.99 Å². The minimum atomic E-state index is -0.318. The number of carbonyl (C=O) groups is 1. The first-order valence-electron chi connectivity index (χ1n) is 12.8. The molecule has 2 aromatic carbocycles. The first-order valence-corrected chi connectivity index (χ1v) is 12.8. The zero-order valence-corrected chi connectivity index (χ0v) is 21.4. The Kier molecular flexibility index (Phi) is 10.4. The molecular weight excluding hydrogens is 480 g/mol. The molecule has 38 heavy (non-hydrogen) atoms. The van der Waals surface area contributed by atoms with Crippen LogP contribution < -0.4 is 15.4 Å². The largest absolute Gasteiger partial charge is 0.493 e. The molecule has 1 atom stereocenters. The molecule has 9 nitrogen and oxygen atoms in total. The van der Waals surface area contributed by atoms with Gasteiger partial charge in [0.1, 0.15) is 5.75 Å². The van der Waals surface area contributed by atoms with Gasteiger partial charge < -0.3 is 25.5 Å². The lowest BCUT2D eigenvalue weighted by Gasteiger charge is -2.26. The minimum absolute atomic E-state index is 0.296. The highest BCUT2D eigenvalue weighted by atomic mass is 16.5. The predicted molar refractivity (Wildman–Crippen MR) is 150 cm³/mol. The number of hydrogen-bond acceptors (Lipinski definition) is 7. The van der Waals surface area contributed by atoms with Gasteiger partial charge in [0, 0.05) is 62.3 Å². The van der Waals surface area contributed by atoms with Crippen LogP contribution in [-0.2, 0) is 11.3 Å². The summed E-state index contributed by atoms with van der Waals surface area (Å²) in [5.74, 6) is 0.452. The van der Waals surface area contributed by atoms with Gasteiger partial charge >= 0.3 is 6.03 Å². The highest BCUT2D eigenvalue weighted by Crippen LogP contribution is 2.26. The average Bonchev–Trinajstić information content (AvgIpc) is 2.97. The number of pyridine rings is 1. The molecule has 4 rings (SSSR count). The number of hydrogen-bond donors (Lipinski definition) is 3. The van der Waals surface area contributed by atoms with Gasteiger partial charge in [-0.25, -0.2) is 4.79 Å². The summed E-state index contributed by atoms with van der Waals surface area (Å²) in [6.07, 6.45) is 7.44. The fraction of sp³-hybridized carbons (Fsp3) is 0.310. The van der Waals surface area contributed by atoms with E-state index in [2.05, 4.69) is 25.5 Å². The van der Waals surface area contributed by atoms with E-state index in [0.29, 0.717) is 18.8 Å². The number of benzene rings is 2. The second-order valence-corrected chi connectivity index (χ2v) is 8.88. The number of rotatable bonds is 12. The van der Waals surface area contributed by atoms with Gasteiger partial charge in [0.2, 0.25) is 0 Å². The number of morpholine rings is 1. The molecule has 3 N–H and O–H groups in total. The summed E-state index contributed by atoms with van der Waals surface area (Å²) in [5.41, 5.74) is 3.21. The number of nitrogens with one attached hydrogen (secondary N) is 3. The first kappa shape index (κ1) is 27.0. The van der Waals surface area contributed by atoms with E-state index in [1.165, 1.54) is 6.21 Å². The Morgan fingerprint density at radius 3 is 2.71 bits per heavy atom. The van der Waals surface area contributed by atoms with Crippen molar-refractivity contribution in [3.05, 3.63) is 84.2 Å². The van der Waals surface area contributed by atoms with Gasteiger partial charge in [-0.2, -0.15) is 0 Å². The predicted octanol–water partition coefficient (Wildman–Crippen LogP) is 4.64. The topological polar surface area (TPSA) is 112 Å². The van der Waals surface area contributed by atoms with E-state index in [1.807, 2.05) is 48.5 Å². The SMILES string of the molecule is N=CC(C=Nc1ccc(NC(=O)NCc2cccnc2)cc1)c1ccccc1OCCCN1CCOCC1. The Morgan fingerprint density at radius 1 is 1.13 bits per heavy atom. The van der Waals surface area contributed by atoms with Crippen LogP contribution >= 0.6 is 0 Å². The normalized spacial score (nSPS) is 14.6. The molecule has 2 amide bonds. The third kappa shape index (κ3) is 8.50. The molecule has 0 bridgehead atoms. The van der Waals surface area contributed by atoms with Crippen LogP contribution in [0.1, 0.15) is 23.5 Å². The number of anilines is 1. The van der Waals surface area contributed by atoms with Crippen molar-refractivity contribution in [1.29, 1.82) is 5.41 Å². The summed E-state index contributed by atoms with van der Waals surface area (Å²) in [6, 6.07) is 18.5. The van der Waals surface area contributed by atoms with Crippen molar-refractivity contribution in [2.45, 2.75) is 18.9 Å². The number of carbonyl (C=O) groups excluding carboxylic acids is 1. The summed E-state index contributed by atoms with van der Waals surface area (Å²) in [4.78, 5) is 23.2. The molecule has 0 saturated carbocycles. The van der Waals surface area contributed by atoms with Gasteiger partial charge in [0.05, 0.1) is 31.4 Å². The number of amides is 2. The maximum absolute atomic E-state index is 12.2. The number of aromatic nitrogens is 1. The van der Waals surface area contributed by atoms with Gasteiger partial charge in [-0.3, -0.25) is 14.9 Å². The molecule has 1 aliphatic heterocycles. The summed E-state index contributed by atoms with van der Waals surface area (Å²) in [7, 11) is 0. The van der Waals surface area contributed by atoms with Crippen molar-refractivity contribution in [3.8, 4) is 5.75 Å². The van der Waals surface area contributed by atoms with Crippen LogP contribution in [-0.4, -0.2) is 67.8 Å². The van der Waals surface area contributed by atoms with Crippen molar-refractivity contribution >= 4 is 29.8 Å². The van der Waals surface area contributed by atoms with E-state index in [0.717, 1.165) is 61.8 Å². The molecule has 1 saturated heterocycles. The summed E-state index contributed by atoms with van der Waals surface area (Å²) >= 11 is 0. The van der Waals surface area contributed by atoms with Gasteiger partial charge in [0.15, 0.2) is 0 Å². The third-order valence-corrected chi connectivity index (χ3v) is 6.12. The van der Waals surface area contributed by atoms with E-state index in [-0.39, 0.29) is 11.9 Å². The molecule has 1 aromatic heterocycles. The molecule has 0 spiro atoms. The smallest absolute Gasteiger partial charge is 0.319 e. The Labute approximate surface area is 223 Å². The second kappa shape index (κ2) is 14.6. The van der Waals surface area contributed by atoms with Gasteiger partial charge in [-0.05, 0) is 48.4 Å². The fourth-order valence-electron chi connectivity index (χ4n) is 4.05. The highest BCUT2D eigenvalue weighted by molar-refractivity contribution is 5.91. The van der Waals surface area contributed by atoms with E-state index >= 15 is 0 Å². The maximum Gasteiger partial charge on any atom is 0.319 e. The van der Waals surface area contributed by atoms with Crippen LogP contribution in [0.25, 0.3) is 0 Å². The lowest BCUT2D eigenvalue weighted by atomic mass is 10.0. The number of para-hydroxylation sites is 1. The zero-order chi connectivity index (χ0) is 26.4. The van der Waals surface area contributed by atoms with E-state index in [1.54, 1.807) is 30.7 Å². The standard InChI is InChI=1S/C29H34N6O3/c30-19-24(27-6-1-2-7-28(27)38-16-4-13-35-14-17-37-18-15-35)22-32-25-8-10-26(11-9-25)34-29(36)33-21-23-5-3-12-31-20-23/h1-3,5-12,19-20,22,24,30H,4,13-18,21H2,(H2,33,34,36). The summed E-state index contributed by atoms with van der Waals surface area (Å²) < 4.78 is 11.5. The lowest BCUT2D eigenvalue weighted by molar-refractivity contribution is 0.0358. The van der Waals surface area contributed by atoms with Crippen LogP contribution in [0.5, 0.6) is 5.75 Å². The molecule has 9 heteroatoms. The third-order valence-electron chi connectivity index (χ3n) is 6.12. The molecule has 1 unspecified atom stereocenters. The minimum Gasteiger partial charge on any atom is -0.493 e. The Morgan fingerprint density at radius 2 is 1.95 bits per heavy atom. The number of ether oxygens (including phenoxy) is 2. The van der Waals surface area contributed by atoms with Gasteiger partial charge in [-0.1, -0.05) is 24.3 Å². The van der Waals surface area contributed by atoms with E-state index < -0.39 is 0 Å². The number of urea groups is 1. The van der Waals surface area contributed by atoms with Crippen molar-refractivity contribution in [3.63, 3.8) is 0 Å². The Hall–Kier alpha value is -4.08. The molecule has 198 valence electrons. The van der Waals surface area contributed by atoms with Gasteiger partial charge in [-0.15, -0.1) is 0 Å². The van der Waals surface area contributed by atoms with Gasteiger partial charge in [0.25, 0.3) is 0 Å². The first-order chi connectivity index (χ1) is 18.7. The molecule has 1 aliphatic rings. The van der Waals surface area contributed by atoms with Crippen molar-refractivity contribution < 1.29 is 14.3 Å². The summed E-state index contributed by atoms with van der Waals surface area (Å²) in [5, 5.41) is 13.6. The van der Waals surface area contributed by atoms with Crippen LogP contribution in [0, 0.1) is 5.41 Å². The van der Waals surface area contributed by atoms with Crippen LogP contribution in [0.3, 0.4) is 0 Å². The van der Waals surface area contributed by atoms with E-state index in [9.17, 15) is 4.79 Å². The molecule has 0 radical (unpaired) electrons.